The molecule has 1 aliphatic heterocycles. The molecular weight excluding hydrogens is 379 g/mol. The van der Waals surface area contributed by atoms with Crippen LogP contribution in [-0.2, 0) is 25.3 Å². The highest BCUT2D eigenvalue weighted by Gasteiger charge is 2.54. The first-order valence-electron chi connectivity index (χ1n) is 7.40. The summed E-state index contributed by atoms with van der Waals surface area (Å²) in [4.78, 5) is 22.4. The van der Waals surface area contributed by atoms with Crippen molar-refractivity contribution in [1.29, 1.82) is 0 Å². The monoisotopic (exact) mass is 395 g/mol. The number of halogens is 3. The number of alkyl halides is 3. The molecule has 0 saturated carbocycles. The van der Waals surface area contributed by atoms with E-state index in [4.69, 9.17) is 5.11 Å². The minimum absolute atomic E-state index is 0.192. The van der Waals surface area contributed by atoms with Gasteiger partial charge in [0.2, 0.25) is 10.0 Å². The Morgan fingerprint density at radius 3 is 2.23 bits per heavy atom. The van der Waals surface area contributed by atoms with Crippen LogP contribution in [0.3, 0.4) is 0 Å². The molecule has 0 amide bonds. The van der Waals surface area contributed by atoms with Gasteiger partial charge in [-0.3, -0.25) is 4.79 Å². The highest BCUT2D eigenvalue weighted by molar-refractivity contribution is 7.88. The standard InChI is InChI=1S/C15H16F3NO6S/c1-25-14(22)10-4-2-9(3-5-10)8-26(23,24)19-6-11(13(20)21)12(7-19)15(16,17)18/h2-5,11-12H,6-8H2,1H3,(H,20,21)/t11-,12-/m1/s1. The number of methoxy groups -OCH3 is 1. The van der Waals surface area contributed by atoms with E-state index in [-0.39, 0.29) is 11.1 Å². The zero-order valence-corrected chi connectivity index (χ0v) is 14.4. The van der Waals surface area contributed by atoms with E-state index in [1.54, 1.807) is 0 Å². The van der Waals surface area contributed by atoms with Crippen molar-refractivity contribution in [3.8, 4) is 0 Å². The van der Waals surface area contributed by atoms with Crippen molar-refractivity contribution in [2.24, 2.45) is 11.8 Å². The average Bonchev–Trinajstić information content (AvgIpc) is 3.01. The number of nitrogens with zero attached hydrogens (tertiary/aromatic N) is 1. The molecule has 0 spiro atoms. The predicted molar refractivity (Wildman–Crippen MR) is 82.6 cm³/mol. The van der Waals surface area contributed by atoms with Crippen LogP contribution >= 0.6 is 0 Å². The minimum Gasteiger partial charge on any atom is -0.481 e. The van der Waals surface area contributed by atoms with Crippen molar-refractivity contribution in [2.75, 3.05) is 20.2 Å². The van der Waals surface area contributed by atoms with E-state index in [2.05, 4.69) is 4.74 Å². The zero-order valence-electron chi connectivity index (χ0n) is 13.6. The SMILES string of the molecule is COC(=O)c1ccc(CS(=O)(=O)N2C[C@@H](C(F)(F)F)[C@H](C(=O)O)C2)cc1. The molecule has 144 valence electrons. The number of carbonyl (C=O) groups is 2. The Morgan fingerprint density at radius 1 is 1.23 bits per heavy atom. The fourth-order valence-corrected chi connectivity index (χ4v) is 4.31. The maximum atomic E-state index is 13.0. The Balaban J connectivity index is 2.17. The maximum Gasteiger partial charge on any atom is 0.393 e. The van der Waals surface area contributed by atoms with E-state index < -0.39 is 58.8 Å². The number of sulfonamides is 1. The summed E-state index contributed by atoms with van der Waals surface area (Å²) < 4.78 is 68.8. The lowest BCUT2D eigenvalue weighted by Gasteiger charge is -2.18. The van der Waals surface area contributed by atoms with E-state index in [0.717, 1.165) is 0 Å². The zero-order chi connectivity index (χ0) is 19.7. The van der Waals surface area contributed by atoms with Gasteiger partial charge in [-0.2, -0.15) is 13.2 Å². The molecule has 1 heterocycles. The summed E-state index contributed by atoms with van der Waals surface area (Å²) in [5.41, 5.74) is 0.442. The molecule has 1 aliphatic rings. The van der Waals surface area contributed by atoms with Crippen LogP contribution < -0.4 is 0 Å². The minimum atomic E-state index is -4.81. The number of carbonyl (C=O) groups excluding carboxylic acids is 1. The molecule has 1 N–H and O–H groups in total. The van der Waals surface area contributed by atoms with Crippen molar-refractivity contribution < 1.29 is 41.0 Å². The number of benzene rings is 1. The van der Waals surface area contributed by atoms with Crippen LogP contribution in [0.5, 0.6) is 0 Å². The fourth-order valence-electron chi connectivity index (χ4n) is 2.73. The van der Waals surface area contributed by atoms with E-state index in [9.17, 15) is 31.2 Å². The number of esters is 1. The number of hydrogen-bond acceptors (Lipinski definition) is 5. The molecule has 0 radical (unpaired) electrons. The molecule has 0 aliphatic carbocycles. The highest BCUT2D eigenvalue weighted by atomic mass is 32.2. The van der Waals surface area contributed by atoms with Crippen molar-refractivity contribution in [3.63, 3.8) is 0 Å². The van der Waals surface area contributed by atoms with Crippen molar-refractivity contribution in [1.82, 2.24) is 4.31 Å². The third-order valence-electron chi connectivity index (χ3n) is 4.14. The van der Waals surface area contributed by atoms with Gasteiger partial charge in [0, 0.05) is 13.1 Å². The quantitative estimate of drug-likeness (QED) is 0.759. The van der Waals surface area contributed by atoms with Crippen LogP contribution in [-0.4, -0.2) is 56.1 Å². The summed E-state index contributed by atoms with van der Waals surface area (Å²) in [5, 5.41) is 8.96. The molecule has 1 aromatic carbocycles. The lowest BCUT2D eigenvalue weighted by molar-refractivity contribution is -0.187. The summed E-state index contributed by atoms with van der Waals surface area (Å²) in [6.45, 7) is -1.66. The van der Waals surface area contributed by atoms with Gasteiger partial charge in [0.25, 0.3) is 0 Å². The van der Waals surface area contributed by atoms with Crippen LogP contribution in [0, 0.1) is 11.8 Å². The lowest BCUT2D eigenvalue weighted by atomic mass is 9.96. The highest BCUT2D eigenvalue weighted by Crippen LogP contribution is 2.39. The molecular formula is C15H16F3NO6S. The fraction of sp³-hybridized carbons (Fsp3) is 0.467. The number of rotatable bonds is 5. The number of aliphatic carboxylic acids is 1. The van der Waals surface area contributed by atoms with Crippen molar-refractivity contribution >= 4 is 22.0 Å². The van der Waals surface area contributed by atoms with Gasteiger partial charge in [0.05, 0.1) is 30.3 Å². The summed E-state index contributed by atoms with van der Waals surface area (Å²) >= 11 is 0. The summed E-state index contributed by atoms with van der Waals surface area (Å²) in [7, 11) is -2.97. The summed E-state index contributed by atoms with van der Waals surface area (Å²) in [6.07, 6.45) is -4.81. The number of carboxylic acids is 1. The van der Waals surface area contributed by atoms with Gasteiger partial charge in [-0.05, 0) is 17.7 Å². The van der Waals surface area contributed by atoms with Crippen LogP contribution in [0.2, 0.25) is 0 Å². The Kier molecular flexibility index (Phi) is 5.61. The first-order valence-corrected chi connectivity index (χ1v) is 9.01. The summed E-state index contributed by atoms with van der Waals surface area (Å²) in [5.74, 6) is -7.00. The second-order valence-electron chi connectivity index (χ2n) is 5.85. The molecule has 11 heteroatoms. The topological polar surface area (TPSA) is 101 Å². The van der Waals surface area contributed by atoms with Gasteiger partial charge in [-0.1, -0.05) is 12.1 Å². The van der Waals surface area contributed by atoms with Crippen LogP contribution in [0.15, 0.2) is 24.3 Å². The van der Waals surface area contributed by atoms with E-state index in [1.807, 2.05) is 0 Å². The van der Waals surface area contributed by atoms with Crippen LogP contribution in [0.25, 0.3) is 0 Å². The second kappa shape index (κ2) is 7.23. The molecule has 2 atom stereocenters. The third-order valence-corrected chi connectivity index (χ3v) is 5.92. The molecule has 7 nitrogen and oxygen atoms in total. The van der Waals surface area contributed by atoms with Crippen molar-refractivity contribution in [3.05, 3.63) is 35.4 Å². The van der Waals surface area contributed by atoms with E-state index in [1.165, 1.54) is 31.4 Å². The largest absolute Gasteiger partial charge is 0.481 e. The van der Waals surface area contributed by atoms with Gasteiger partial charge >= 0.3 is 18.1 Å². The first-order chi connectivity index (χ1) is 12.0. The molecule has 26 heavy (non-hydrogen) atoms. The number of ether oxygens (including phenoxy) is 1. The lowest BCUT2D eigenvalue weighted by Crippen LogP contribution is -2.34. The maximum absolute atomic E-state index is 13.0. The molecule has 1 fully saturated rings. The Labute approximate surface area is 147 Å². The molecule has 0 bridgehead atoms. The first kappa shape index (κ1) is 20.2. The van der Waals surface area contributed by atoms with Gasteiger partial charge in [-0.25, -0.2) is 17.5 Å². The van der Waals surface area contributed by atoms with Crippen molar-refractivity contribution in [2.45, 2.75) is 11.9 Å². The van der Waals surface area contributed by atoms with Crippen LogP contribution in [0.4, 0.5) is 13.2 Å². The molecule has 0 unspecified atom stereocenters. The predicted octanol–water partition coefficient (Wildman–Crippen LogP) is 1.50. The van der Waals surface area contributed by atoms with Gasteiger partial charge in [-0.15, -0.1) is 0 Å². The number of hydrogen-bond donors (Lipinski definition) is 1. The van der Waals surface area contributed by atoms with Gasteiger partial charge in [0.1, 0.15) is 0 Å². The van der Waals surface area contributed by atoms with Gasteiger partial charge < -0.3 is 9.84 Å². The van der Waals surface area contributed by atoms with E-state index >= 15 is 0 Å². The van der Waals surface area contributed by atoms with E-state index in [0.29, 0.717) is 4.31 Å². The molecule has 1 saturated heterocycles. The second-order valence-corrected chi connectivity index (χ2v) is 7.82. The Hall–Kier alpha value is -2.14. The number of carboxylic acid groups (broad SMARTS) is 1. The smallest absolute Gasteiger partial charge is 0.393 e. The Morgan fingerprint density at radius 2 is 1.81 bits per heavy atom. The normalized spacial score (nSPS) is 21.5. The molecule has 1 aromatic rings. The Bertz CT molecular complexity index is 791. The average molecular weight is 395 g/mol. The van der Waals surface area contributed by atoms with Gasteiger partial charge in [0.15, 0.2) is 0 Å². The van der Waals surface area contributed by atoms with Crippen LogP contribution in [0.1, 0.15) is 15.9 Å². The summed E-state index contributed by atoms with van der Waals surface area (Å²) in [6, 6.07) is 5.35. The third kappa shape index (κ3) is 4.33. The molecule has 2 rings (SSSR count). The molecule has 0 aromatic heterocycles.